The molecule has 2 unspecified atom stereocenters. The Hall–Kier alpha value is -4.11. The van der Waals surface area contributed by atoms with Gasteiger partial charge in [0, 0.05) is 35.1 Å². The Kier molecular flexibility index (Phi) is 9.13. The molecule has 1 saturated heterocycles. The number of aliphatic imine (C=N–C) groups is 1. The fourth-order valence-corrected chi connectivity index (χ4v) is 5.14. The number of hydrogen-bond donors (Lipinski definition) is 4. The number of H-pyrrole nitrogens is 1. The van der Waals surface area contributed by atoms with E-state index in [1.807, 2.05) is 42.6 Å². The van der Waals surface area contributed by atoms with Crippen molar-refractivity contribution in [3.05, 3.63) is 79.0 Å². The molecule has 0 spiro atoms. The lowest BCUT2D eigenvalue weighted by atomic mass is 9.98. The Balaban J connectivity index is 1.24. The van der Waals surface area contributed by atoms with E-state index < -0.39 is 0 Å². The van der Waals surface area contributed by atoms with Gasteiger partial charge < -0.3 is 25.6 Å². The molecule has 2 aliphatic rings. The fourth-order valence-electron chi connectivity index (χ4n) is 5.14. The van der Waals surface area contributed by atoms with Crippen molar-refractivity contribution in [2.24, 2.45) is 10.9 Å². The number of aromatic nitrogens is 2. The van der Waals surface area contributed by atoms with Crippen molar-refractivity contribution in [3.63, 3.8) is 0 Å². The number of anilines is 1. The van der Waals surface area contributed by atoms with Crippen molar-refractivity contribution in [1.82, 2.24) is 25.7 Å². The number of ether oxygens (including phenoxy) is 1. The van der Waals surface area contributed by atoms with Gasteiger partial charge in [-0.1, -0.05) is 30.4 Å². The zero-order valence-corrected chi connectivity index (χ0v) is 23.1. The molecule has 2 aliphatic heterocycles. The molecule has 2 aromatic carbocycles. The Labute approximate surface area is 235 Å². The van der Waals surface area contributed by atoms with Crippen LogP contribution in [0.25, 0.3) is 10.9 Å². The molecule has 0 radical (unpaired) electrons. The zero-order chi connectivity index (χ0) is 27.7. The van der Waals surface area contributed by atoms with E-state index >= 15 is 0 Å². The zero-order valence-electron chi connectivity index (χ0n) is 23.1. The molecule has 1 amide bonds. The maximum Gasteiger partial charge on any atom is 0.258 e. The van der Waals surface area contributed by atoms with Gasteiger partial charge in [0.05, 0.1) is 11.7 Å². The second kappa shape index (κ2) is 13.3. The normalized spacial score (nSPS) is 20.2. The van der Waals surface area contributed by atoms with Crippen LogP contribution < -0.4 is 20.7 Å². The van der Waals surface area contributed by atoms with Crippen LogP contribution in [0.2, 0.25) is 0 Å². The summed E-state index contributed by atoms with van der Waals surface area (Å²) in [4.78, 5) is 19.7. The van der Waals surface area contributed by atoms with Crippen molar-refractivity contribution in [3.8, 4) is 5.75 Å². The summed E-state index contributed by atoms with van der Waals surface area (Å²) < 4.78 is 5.87. The molecule has 0 saturated carbocycles. The number of likely N-dealkylation sites (tertiary alicyclic amines) is 1. The molecule has 2 atom stereocenters. The predicted molar refractivity (Wildman–Crippen MR) is 161 cm³/mol. The minimum atomic E-state index is -0.0840. The van der Waals surface area contributed by atoms with E-state index in [0.717, 1.165) is 66.8 Å². The molecular formula is C31H39N7O2. The van der Waals surface area contributed by atoms with E-state index in [0.29, 0.717) is 12.3 Å². The number of rotatable bonds is 11. The molecule has 9 heteroatoms. The lowest BCUT2D eigenvalue weighted by molar-refractivity contribution is -0.124. The van der Waals surface area contributed by atoms with Gasteiger partial charge in [-0.15, -0.1) is 6.58 Å². The van der Waals surface area contributed by atoms with Gasteiger partial charge in [-0.3, -0.25) is 14.9 Å². The molecule has 3 aromatic rings. The Morgan fingerprint density at radius 2 is 2.08 bits per heavy atom. The molecular weight excluding hydrogens is 502 g/mol. The van der Waals surface area contributed by atoms with Crippen LogP contribution >= 0.6 is 0 Å². The number of allylic oxidation sites excluding steroid dienone is 3. The van der Waals surface area contributed by atoms with Gasteiger partial charge in [0.1, 0.15) is 17.8 Å². The SMILES string of the molecule is C=CCC=CCC1CN=C(c2cccc(OCC(=O)NC3CCN(C)CC3)c2)NC1Nc1ccc2[nH]ncc2c1. The first-order valence-corrected chi connectivity index (χ1v) is 14.0. The molecule has 9 nitrogen and oxygen atoms in total. The molecule has 3 heterocycles. The van der Waals surface area contributed by atoms with Crippen LogP contribution in [-0.2, 0) is 4.79 Å². The highest BCUT2D eigenvalue weighted by molar-refractivity contribution is 6.00. The van der Waals surface area contributed by atoms with E-state index in [2.05, 4.69) is 69.0 Å². The Morgan fingerprint density at radius 1 is 1.20 bits per heavy atom. The van der Waals surface area contributed by atoms with Gasteiger partial charge >= 0.3 is 0 Å². The summed E-state index contributed by atoms with van der Waals surface area (Å²) in [5.41, 5.74) is 2.94. The number of carbonyl (C=O) groups is 1. The summed E-state index contributed by atoms with van der Waals surface area (Å²) in [6, 6.07) is 14.2. The molecule has 5 rings (SSSR count). The maximum atomic E-state index is 12.5. The number of hydrogen-bond acceptors (Lipinski definition) is 7. The van der Waals surface area contributed by atoms with E-state index in [1.165, 1.54) is 0 Å². The number of fused-ring (bicyclic) bond motifs is 1. The number of amidine groups is 1. The van der Waals surface area contributed by atoms with Crippen molar-refractivity contribution < 1.29 is 9.53 Å². The second-order valence-electron chi connectivity index (χ2n) is 10.6. The third-order valence-corrected chi connectivity index (χ3v) is 7.48. The van der Waals surface area contributed by atoms with Crippen LogP contribution in [0.15, 0.2) is 78.5 Å². The molecule has 4 N–H and O–H groups in total. The number of amides is 1. The molecule has 210 valence electrons. The van der Waals surface area contributed by atoms with Crippen molar-refractivity contribution >= 4 is 28.3 Å². The van der Waals surface area contributed by atoms with Crippen LogP contribution in [-0.4, -0.2) is 72.3 Å². The summed E-state index contributed by atoms with van der Waals surface area (Å²) >= 11 is 0. The van der Waals surface area contributed by atoms with Gasteiger partial charge in [0.2, 0.25) is 0 Å². The predicted octanol–water partition coefficient (Wildman–Crippen LogP) is 4.08. The van der Waals surface area contributed by atoms with Gasteiger partial charge in [0.15, 0.2) is 6.61 Å². The Bertz CT molecular complexity index is 1360. The average Bonchev–Trinajstić information content (AvgIpc) is 3.44. The number of piperidine rings is 1. The summed E-state index contributed by atoms with van der Waals surface area (Å²) in [5, 5.41) is 18.6. The lowest BCUT2D eigenvalue weighted by Crippen LogP contribution is -2.50. The first-order valence-electron chi connectivity index (χ1n) is 14.0. The fraction of sp³-hybridized carbons (Fsp3) is 0.387. The van der Waals surface area contributed by atoms with E-state index in [1.54, 1.807) is 0 Å². The maximum absolute atomic E-state index is 12.5. The molecule has 40 heavy (non-hydrogen) atoms. The first kappa shape index (κ1) is 27.5. The van der Waals surface area contributed by atoms with Crippen LogP contribution in [0.5, 0.6) is 5.75 Å². The minimum Gasteiger partial charge on any atom is -0.484 e. The van der Waals surface area contributed by atoms with Crippen LogP contribution in [0.4, 0.5) is 5.69 Å². The standard InChI is InChI=1S/C31H39N7O2/c1-3-4-5-6-8-23-19-32-30(36-31(23)35-26-11-12-28-24(17-26)20-33-37-28)22-9-7-10-27(18-22)40-21-29(39)34-25-13-15-38(2)16-14-25/h3,5-7,9-12,17-18,20,23,25,31,35H,1,4,8,13-16,19,21H2,2H3,(H,32,36)(H,33,37)(H,34,39). The van der Waals surface area contributed by atoms with E-state index in [4.69, 9.17) is 9.73 Å². The van der Waals surface area contributed by atoms with Crippen LogP contribution in [0, 0.1) is 5.92 Å². The number of aromatic amines is 1. The third-order valence-electron chi connectivity index (χ3n) is 7.48. The molecule has 0 bridgehead atoms. The molecule has 0 aliphatic carbocycles. The van der Waals surface area contributed by atoms with E-state index in [-0.39, 0.29) is 30.6 Å². The molecule has 1 aromatic heterocycles. The summed E-state index contributed by atoms with van der Waals surface area (Å²) in [6.45, 7) is 6.48. The number of nitrogens with zero attached hydrogens (tertiary/aromatic N) is 3. The number of nitrogens with one attached hydrogen (secondary N) is 4. The largest absolute Gasteiger partial charge is 0.484 e. The highest BCUT2D eigenvalue weighted by atomic mass is 16.5. The van der Waals surface area contributed by atoms with Crippen molar-refractivity contribution in [2.45, 2.75) is 37.9 Å². The van der Waals surface area contributed by atoms with Gasteiger partial charge in [0.25, 0.3) is 5.91 Å². The highest BCUT2D eigenvalue weighted by Gasteiger charge is 2.26. The van der Waals surface area contributed by atoms with Crippen LogP contribution in [0.1, 0.15) is 31.2 Å². The smallest absolute Gasteiger partial charge is 0.258 e. The first-order chi connectivity index (χ1) is 19.6. The van der Waals surface area contributed by atoms with Crippen molar-refractivity contribution in [2.75, 3.05) is 38.6 Å². The highest BCUT2D eigenvalue weighted by Crippen LogP contribution is 2.23. The summed E-state index contributed by atoms with van der Waals surface area (Å²) in [7, 11) is 2.11. The summed E-state index contributed by atoms with van der Waals surface area (Å²) in [5.74, 6) is 1.62. The topological polar surface area (TPSA) is 107 Å². The van der Waals surface area contributed by atoms with Gasteiger partial charge in [-0.2, -0.15) is 5.10 Å². The van der Waals surface area contributed by atoms with Gasteiger partial charge in [-0.05, 0) is 76.2 Å². The van der Waals surface area contributed by atoms with Gasteiger partial charge in [-0.25, -0.2) is 0 Å². The number of carbonyl (C=O) groups excluding carboxylic acids is 1. The molecule has 1 fully saturated rings. The Morgan fingerprint density at radius 3 is 2.92 bits per heavy atom. The number of benzene rings is 2. The lowest BCUT2D eigenvalue weighted by Gasteiger charge is -2.33. The monoisotopic (exact) mass is 541 g/mol. The third kappa shape index (κ3) is 7.30. The quantitative estimate of drug-likeness (QED) is 0.273. The second-order valence-corrected chi connectivity index (χ2v) is 10.6. The van der Waals surface area contributed by atoms with E-state index in [9.17, 15) is 4.79 Å². The van der Waals surface area contributed by atoms with Crippen LogP contribution in [0.3, 0.4) is 0 Å². The van der Waals surface area contributed by atoms with Crippen molar-refractivity contribution in [1.29, 1.82) is 0 Å². The summed E-state index contributed by atoms with van der Waals surface area (Å²) in [6.07, 6.45) is 11.7. The minimum absolute atomic E-state index is 0.00448. The average molecular weight is 542 g/mol.